The Morgan fingerprint density at radius 2 is 1.75 bits per heavy atom. The summed E-state index contributed by atoms with van der Waals surface area (Å²) in [5.41, 5.74) is -2.62. The highest BCUT2D eigenvalue weighted by Crippen LogP contribution is 2.38. The average Bonchev–Trinajstić information content (AvgIpc) is 3.32. The van der Waals surface area contributed by atoms with E-state index in [4.69, 9.17) is 0 Å². The molecule has 3 aromatic rings. The Morgan fingerprint density at radius 1 is 1.05 bits per heavy atom. The van der Waals surface area contributed by atoms with E-state index < -0.39 is 69.4 Å². The molecule has 0 aliphatic carbocycles. The van der Waals surface area contributed by atoms with Gasteiger partial charge in [0.1, 0.15) is 6.54 Å². The summed E-state index contributed by atoms with van der Waals surface area (Å²) in [6.45, 7) is -1.39. The van der Waals surface area contributed by atoms with Crippen molar-refractivity contribution in [1.82, 2.24) is 19.4 Å². The van der Waals surface area contributed by atoms with Crippen molar-refractivity contribution in [3.63, 3.8) is 0 Å². The van der Waals surface area contributed by atoms with Crippen molar-refractivity contribution in [2.24, 2.45) is 5.14 Å². The summed E-state index contributed by atoms with van der Waals surface area (Å²) in [4.78, 5) is 36.9. The highest BCUT2D eigenvalue weighted by Gasteiger charge is 2.39. The summed E-state index contributed by atoms with van der Waals surface area (Å²) in [6, 6.07) is 5.75. The molecule has 1 aromatic heterocycles. The molecule has 1 fully saturated rings. The Bertz CT molecular complexity index is 1680. The fourth-order valence-electron chi connectivity index (χ4n) is 3.76. The number of nitrogens with zero attached hydrogens (tertiary/aromatic N) is 3. The molecule has 2 aromatic carbocycles. The molecule has 0 atom stereocenters. The first-order valence-electron chi connectivity index (χ1n) is 10.7. The minimum Gasteiger partial charge on any atom is -0.272 e. The molecule has 0 unspecified atom stereocenters. The van der Waals surface area contributed by atoms with Crippen LogP contribution in [0.25, 0.3) is 17.0 Å². The van der Waals surface area contributed by atoms with Crippen LogP contribution in [0, 0.1) is 0 Å². The van der Waals surface area contributed by atoms with Gasteiger partial charge in [0.2, 0.25) is 0 Å². The van der Waals surface area contributed by atoms with Gasteiger partial charge in [-0.05, 0) is 53.2 Å². The van der Waals surface area contributed by atoms with E-state index in [9.17, 15) is 49.1 Å². The van der Waals surface area contributed by atoms with Gasteiger partial charge in [-0.25, -0.2) is 9.86 Å². The number of nitrogens with one attached hydrogen (secondary N) is 1. The van der Waals surface area contributed by atoms with E-state index in [2.05, 4.69) is 10.2 Å². The van der Waals surface area contributed by atoms with Gasteiger partial charge >= 0.3 is 12.4 Å². The Hall–Kier alpha value is -3.90. The molecule has 0 saturated carbocycles. The second-order valence-corrected chi connectivity index (χ2v) is 10.6. The molecule has 3 amide bonds. The van der Waals surface area contributed by atoms with E-state index in [0.717, 1.165) is 10.7 Å². The van der Waals surface area contributed by atoms with Crippen LogP contribution in [0.3, 0.4) is 0 Å². The van der Waals surface area contributed by atoms with Gasteiger partial charge in [-0.1, -0.05) is 12.1 Å². The number of halogens is 6. The molecule has 0 spiro atoms. The van der Waals surface area contributed by atoms with Crippen LogP contribution in [0.1, 0.15) is 22.3 Å². The Kier molecular flexibility index (Phi) is 7.46. The molecule has 0 bridgehead atoms. The van der Waals surface area contributed by atoms with Gasteiger partial charge in [0.25, 0.3) is 27.3 Å². The lowest BCUT2D eigenvalue weighted by Crippen LogP contribution is -2.44. The maximum atomic E-state index is 13.5. The van der Waals surface area contributed by atoms with Crippen LogP contribution in [0.15, 0.2) is 47.5 Å². The lowest BCUT2D eigenvalue weighted by atomic mass is 10.0. The first-order valence-corrected chi connectivity index (χ1v) is 13.1. The normalized spacial score (nSPS) is 15.9. The van der Waals surface area contributed by atoms with Gasteiger partial charge in [0, 0.05) is 5.39 Å². The molecule has 40 heavy (non-hydrogen) atoms. The number of hydrogen-bond donors (Lipinski definition) is 2. The predicted molar refractivity (Wildman–Crippen MR) is 129 cm³/mol. The van der Waals surface area contributed by atoms with Crippen LogP contribution in [-0.4, -0.2) is 46.7 Å². The van der Waals surface area contributed by atoms with E-state index in [1.165, 1.54) is 35.2 Å². The summed E-state index contributed by atoms with van der Waals surface area (Å²) in [6.07, 6.45) is -7.40. The number of carbonyl (C=O) groups is 3. The Balaban J connectivity index is 1.57. The minimum atomic E-state index is -5.05. The number of imide groups is 1. The number of thioether (sulfide) groups is 1. The lowest BCUT2D eigenvalue weighted by molar-refractivity contribution is -0.143. The molecule has 2 heterocycles. The van der Waals surface area contributed by atoms with Crippen molar-refractivity contribution in [2.45, 2.75) is 18.9 Å². The molecule has 0 radical (unpaired) electrons. The van der Waals surface area contributed by atoms with Crippen LogP contribution in [0.4, 0.5) is 31.1 Å². The van der Waals surface area contributed by atoms with Crippen molar-refractivity contribution >= 4 is 56.0 Å². The Morgan fingerprint density at radius 3 is 2.38 bits per heavy atom. The van der Waals surface area contributed by atoms with Crippen molar-refractivity contribution in [3.05, 3.63) is 69.8 Å². The van der Waals surface area contributed by atoms with Crippen molar-refractivity contribution < 1.29 is 49.1 Å². The SMILES string of the molecule is NS(=O)(=O)NC(=O)CN1C(=O)SC(=Cc2ccc3c(cnn3Cc3ccc(C(F)(F)F)cc3C(F)(F)F)c2)C1=O. The first kappa shape index (κ1) is 29.1. The molecule has 18 heteroatoms. The third-order valence-electron chi connectivity index (χ3n) is 5.46. The topological polar surface area (TPSA) is 144 Å². The standard InChI is InChI=1S/C22H15F6N5O5S2/c23-21(24,25)14-3-2-12(15(7-14)22(26,27)28)9-33-16-4-1-11(5-13(16)8-30-33)6-17-19(35)32(20(36)39-17)10-18(34)31-40(29,37)38/h1-8H,9-10H2,(H,31,34)(H2,29,37,38). The fourth-order valence-corrected chi connectivity index (χ4v) is 4.98. The van der Waals surface area contributed by atoms with Crippen molar-refractivity contribution in [1.29, 1.82) is 0 Å². The van der Waals surface area contributed by atoms with Crippen LogP contribution in [0.2, 0.25) is 0 Å². The molecule has 1 aliphatic rings. The quantitative estimate of drug-likeness (QED) is 0.323. The fraction of sp³-hybridized carbons (Fsp3) is 0.182. The van der Waals surface area contributed by atoms with Gasteiger partial charge in [0.05, 0.1) is 34.3 Å². The zero-order valence-electron chi connectivity index (χ0n) is 19.6. The monoisotopic (exact) mass is 607 g/mol. The summed E-state index contributed by atoms with van der Waals surface area (Å²) in [7, 11) is -4.40. The average molecular weight is 608 g/mol. The number of nitrogens with two attached hydrogens (primary N) is 1. The van der Waals surface area contributed by atoms with E-state index in [1.54, 1.807) is 0 Å². The van der Waals surface area contributed by atoms with Crippen molar-refractivity contribution in [3.8, 4) is 0 Å². The summed E-state index contributed by atoms with van der Waals surface area (Å²) in [5, 5.41) is 8.27. The van der Waals surface area contributed by atoms with E-state index in [-0.39, 0.29) is 11.0 Å². The van der Waals surface area contributed by atoms with E-state index in [0.29, 0.717) is 39.2 Å². The number of benzene rings is 2. The Labute approximate surface area is 225 Å². The largest absolute Gasteiger partial charge is 0.416 e. The lowest BCUT2D eigenvalue weighted by Gasteiger charge is -2.16. The van der Waals surface area contributed by atoms with Gasteiger partial charge < -0.3 is 0 Å². The minimum absolute atomic E-state index is 0.0464. The molecular weight excluding hydrogens is 592 g/mol. The maximum Gasteiger partial charge on any atom is 0.416 e. The van der Waals surface area contributed by atoms with Gasteiger partial charge in [-0.2, -0.15) is 39.9 Å². The molecule has 10 nitrogen and oxygen atoms in total. The summed E-state index contributed by atoms with van der Waals surface area (Å²) < 4.78 is 104. The number of amides is 3. The summed E-state index contributed by atoms with van der Waals surface area (Å²) in [5.74, 6) is -2.08. The van der Waals surface area contributed by atoms with Crippen LogP contribution < -0.4 is 9.86 Å². The smallest absolute Gasteiger partial charge is 0.272 e. The maximum absolute atomic E-state index is 13.5. The second-order valence-electron chi connectivity index (χ2n) is 8.33. The van der Waals surface area contributed by atoms with Crippen LogP contribution >= 0.6 is 11.8 Å². The van der Waals surface area contributed by atoms with Crippen molar-refractivity contribution in [2.75, 3.05) is 6.54 Å². The van der Waals surface area contributed by atoms with E-state index >= 15 is 0 Å². The number of carbonyl (C=O) groups excluding carboxylic acids is 3. The van der Waals surface area contributed by atoms with Crippen LogP contribution in [-0.2, 0) is 38.7 Å². The van der Waals surface area contributed by atoms with E-state index in [1.807, 2.05) is 0 Å². The highest BCUT2D eigenvalue weighted by molar-refractivity contribution is 8.18. The van der Waals surface area contributed by atoms with Gasteiger partial charge in [-0.15, -0.1) is 0 Å². The zero-order valence-corrected chi connectivity index (χ0v) is 21.2. The first-order chi connectivity index (χ1) is 18.4. The molecule has 212 valence electrons. The van der Waals surface area contributed by atoms with Gasteiger partial charge in [-0.3, -0.25) is 24.0 Å². The third kappa shape index (κ3) is 6.45. The number of hydrogen-bond acceptors (Lipinski definition) is 7. The van der Waals surface area contributed by atoms with Crippen LogP contribution in [0.5, 0.6) is 0 Å². The molecule has 1 aliphatic heterocycles. The number of alkyl halides is 6. The third-order valence-corrected chi connectivity index (χ3v) is 6.88. The number of rotatable bonds is 6. The number of aromatic nitrogens is 2. The second kappa shape index (κ2) is 10.3. The molecule has 1 saturated heterocycles. The predicted octanol–water partition coefficient (Wildman–Crippen LogP) is 3.48. The number of fused-ring (bicyclic) bond motifs is 1. The summed E-state index contributed by atoms with van der Waals surface area (Å²) >= 11 is 0.486. The zero-order chi connectivity index (χ0) is 29.6. The highest BCUT2D eigenvalue weighted by atomic mass is 32.2. The molecule has 3 N–H and O–H groups in total. The molecule has 4 rings (SSSR count). The molecular formula is C22H15F6N5O5S2. The van der Waals surface area contributed by atoms with Gasteiger partial charge in [0.15, 0.2) is 0 Å².